The Kier molecular flexibility index (Phi) is 3.99. The number of aliphatic hydroxyl groups is 1. The van der Waals surface area contributed by atoms with Crippen LogP contribution in [0.5, 0.6) is 0 Å². The first kappa shape index (κ1) is 13.7. The molecule has 1 aromatic carbocycles. The average molecular weight is 270 g/mol. The van der Waals surface area contributed by atoms with Crippen LogP contribution < -0.4 is 10.6 Å². The minimum atomic E-state index is -0.780. The highest BCUT2D eigenvalue weighted by atomic mass is 19.1. The summed E-state index contributed by atoms with van der Waals surface area (Å²) in [7, 11) is 0. The molecule has 1 aromatic rings. The van der Waals surface area contributed by atoms with E-state index in [2.05, 4.69) is 0 Å². The largest absolute Gasteiger partial charge is 0.392 e. The van der Waals surface area contributed by atoms with Gasteiger partial charge in [0.2, 0.25) is 5.91 Å². The molecule has 104 valence electrons. The number of hydrogen-bond acceptors (Lipinski definition) is 3. The molecule has 3 N–H and O–H groups in total. The zero-order valence-electron chi connectivity index (χ0n) is 10.4. The first-order valence-corrected chi connectivity index (χ1v) is 6.19. The van der Waals surface area contributed by atoms with E-state index in [1.807, 2.05) is 0 Å². The van der Waals surface area contributed by atoms with Crippen LogP contribution in [-0.4, -0.2) is 23.6 Å². The van der Waals surface area contributed by atoms with Gasteiger partial charge in [-0.3, -0.25) is 4.79 Å². The van der Waals surface area contributed by atoms with Crippen molar-refractivity contribution in [2.45, 2.75) is 31.9 Å². The number of rotatable bonds is 3. The van der Waals surface area contributed by atoms with Gasteiger partial charge in [-0.15, -0.1) is 0 Å². The van der Waals surface area contributed by atoms with Crippen LogP contribution in [0.4, 0.5) is 14.5 Å². The Balaban J connectivity index is 2.41. The van der Waals surface area contributed by atoms with E-state index in [0.717, 1.165) is 25.0 Å². The van der Waals surface area contributed by atoms with Crippen LogP contribution in [-0.2, 0) is 11.4 Å². The molecular formula is C13H16F2N2O2. The predicted molar refractivity (Wildman–Crippen MR) is 66.5 cm³/mol. The molecule has 19 heavy (non-hydrogen) atoms. The molecule has 0 saturated carbocycles. The second-order valence-electron chi connectivity index (χ2n) is 4.67. The van der Waals surface area contributed by atoms with E-state index in [4.69, 9.17) is 10.8 Å². The fourth-order valence-electron chi connectivity index (χ4n) is 2.48. The molecule has 0 aromatic heterocycles. The number of carbonyl (C=O) groups excluding carboxylic acids is 1. The lowest BCUT2D eigenvalue weighted by atomic mass is 10.00. The fourth-order valence-corrected chi connectivity index (χ4v) is 2.48. The van der Waals surface area contributed by atoms with Gasteiger partial charge in [0.15, 0.2) is 0 Å². The minimum absolute atomic E-state index is 0.159. The molecule has 1 atom stereocenters. The Bertz CT molecular complexity index is 471. The zero-order chi connectivity index (χ0) is 14.0. The van der Waals surface area contributed by atoms with Crippen molar-refractivity contribution in [2.75, 3.05) is 11.4 Å². The molecule has 0 aliphatic carbocycles. The summed E-state index contributed by atoms with van der Waals surface area (Å²) in [5.74, 6) is -2.14. The highest BCUT2D eigenvalue weighted by Crippen LogP contribution is 2.30. The second kappa shape index (κ2) is 5.52. The van der Waals surface area contributed by atoms with Gasteiger partial charge in [-0.25, -0.2) is 8.78 Å². The van der Waals surface area contributed by atoms with Gasteiger partial charge in [0, 0.05) is 6.54 Å². The van der Waals surface area contributed by atoms with Crippen LogP contribution in [0.1, 0.15) is 24.8 Å². The normalized spacial score (nSPS) is 19.5. The summed E-state index contributed by atoms with van der Waals surface area (Å²) < 4.78 is 27.9. The number of halogens is 2. The summed E-state index contributed by atoms with van der Waals surface area (Å²) in [5.41, 5.74) is 5.21. The summed E-state index contributed by atoms with van der Waals surface area (Å²) in [5, 5.41) is 8.91. The van der Waals surface area contributed by atoms with Crippen LogP contribution in [0.25, 0.3) is 0 Å². The number of hydrogen-bond donors (Lipinski definition) is 2. The number of aliphatic hydroxyl groups excluding tert-OH is 1. The number of carbonyl (C=O) groups is 1. The van der Waals surface area contributed by atoms with E-state index >= 15 is 0 Å². The van der Waals surface area contributed by atoms with Crippen molar-refractivity contribution in [1.82, 2.24) is 0 Å². The maximum atomic E-state index is 14.0. The quantitative estimate of drug-likeness (QED) is 0.870. The molecular weight excluding hydrogens is 254 g/mol. The van der Waals surface area contributed by atoms with Crippen LogP contribution in [0, 0.1) is 11.6 Å². The number of amides is 1. The standard InChI is InChI=1S/C13H16F2N2O2/c14-9-5-8(7-18)6-10(15)12(9)17-4-2-1-3-11(17)13(16)19/h5-6,11,18H,1-4,7H2,(H2,16,19). The number of benzene rings is 1. The van der Waals surface area contributed by atoms with E-state index in [-0.39, 0.29) is 11.3 Å². The van der Waals surface area contributed by atoms with Crippen molar-refractivity contribution in [3.05, 3.63) is 29.3 Å². The molecule has 1 unspecified atom stereocenters. The van der Waals surface area contributed by atoms with E-state index in [9.17, 15) is 13.6 Å². The molecule has 0 spiro atoms. The maximum Gasteiger partial charge on any atom is 0.240 e. The molecule has 2 rings (SSSR count). The van der Waals surface area contributed by atoms with E-state index in [1.165, 1.54) is 4.90 Å². The third kappa shape index (κ3) is 2.68. The Hall–Kier alpha value is -1.69. The number of anilines is 1. The number of nitrogens with two attached hydrogens (primary N) is 1. The fraction of sp³-hybridized carbons (Fsp3) is 0.462. The minimum Gasteiger partial charge on any atom is -0.392 e. The second-order valence-corrected chi connectivity index (χ2v) is 4.67. The Labute approximate surface area is 109 Å². The third-order valence-corrected chi connectivity index (χ3v) is 3.38. The average Bonchev–Trinajstić information content (AvgIpc) is 2.38. The van der Waals surface area contributed by atoms with Crippen LogP contribution in [0.2, 0.25) is 0 Å². The third-order valence-electron chi connectivity index (χ3n) is 3.38. The van der Waals surface area contributed by atoms with Gasteiger partial charge in [0.05, 0.1) is 6.61 Å². The van der Waals surface area contributed by atoms with Crippen molar-refractivity contribution < 1.29 is 18.7 Å². The summed E-state index contributed by atoms with van der Waals surface area (Å²) in [6, 6.07) is 1.47. The van der Waals surface area contributed by atoms with Crippen LogP contribution in [0.15, 0.2) is 12.1 Å². The van der Waals surface area contributed by atoms with Gasteiger partial charge < -0.3 is 15.7 Å². The molecule has 1 aliphatic rings. The van der Waals surface area contributed by atoms with Crippen LogP contribution >= 0.6 is 0 Å². The lowest BCUT2D eigenvalue weighted by molar-refractivity contribution is -0.119. The molecule has 0 bridgehead atoms. The Morgan fingerprint density at radius 3 is 2.53 bits per heavy atom. The van der Waals surface area contributed by atoms with E-state index in [0.29, 0.717) is 13.0 Å². The molecule has 1 fully saturated rings. The maximum absolute atomic E-state index is 14.0. The summed E-state index contributed by atoms with van der Waals surface area (Å²) in [4.78, 5) is 12.8. The SMILES string of the molecule is NC(=O)C1CCCCN1c1c(F)cc(CO)cc1F. The first-order chi connectivity index (χ1) is 9.04. The number of piperidine rings is 1. The van der Waals surface area contributed by atoms with Gasteiger partial charge in [0.25, 0.3) is 0 Å². The molecule has 1 heterocycles. The predicted octanol–water partition coefficient (Wildman–Crippen LogP) is 1.30. The van der Waals surface area contributed by atoms with Gasteiger partial charge in [-0.05, 0) is 37.0 Å². The Morgan fingerprint density at radius 1 is 1.37 bits per heavy atom. The van der Waals surface area contributed by atoms with Gasteiger partial charge in [-0.1, -0.05) is 0 Å². The molecule has 1 aliphatic heterocycles. The van der Waals surface area contributed by atoms with Crippen molar-refractivity contribution in [1.29, 1.82) is 0 Å². The molecule has 1 saturated heterocycles. The molecule has 0 radical (unpaired) electrons. The van der Waals surface area contributed by atoms with Gasteiger partial charge in [-0.2, -0.15) is 0 Å². The van der Waals surface area contributed by atoms with Gasteiger partial charge in [0.1, 0.15) is 23.4 Å². The van der Waals surface area contributed by atoms with Crippen molar-refractivity contribution in [2.24, 2.45) is 5.73 Å². The monoisotopic (exact) mass is 270 g/mol. The van der Waals surface area contributed by atoms with Crippen molar-refractivity contribution in [3.63, 3.8) is 0 Å². The van der Waals surface area contributed by atoms with E-state index < -0.39 is 30.2 Å². The lowest BCUT2D eigenvalue weighted by Gasteiger charge is -2.35. The summed E-state index contributed by atoms with van der Waals surface area (Å²) >= 11 is 0. The molecule has 4 nitrogen and oxygen atoms in total. The molecule has 6 heteroatoms. The number of primary amides is 1. The Morgan fingerprint density at radius 2 is 2.00 bits per heavy atom. The smallest absolute Gasteiger partial charge is 0.240 e. The van der Waals surface area contributed by atoms with Crippen LogP contribution in [0.3, 0.4) is 0 Å². The summed E-state index contributed by atoms with van der Waals surface area (Å²) in [6.45, 7) is -0.0483. The zero-order valence-corrected chi connectivity index (χ0v) is 10.4. The highest BCUT2D eigenvalue weighted by Gasteiger charge is 2.30. The summed E-state index contributed by atoms with van der Waals surface area (Å²) in [6.07, 6.45) is 2.06. The lowest BCUT2D eigenvalue weighted by Crippen LogP contribution is -2.48. The number of nitrogens with zero attached hydrogens (tertiary/aromatic N) is 1. The topological polar surface area (TPSA) is 66.6 Å². The van der Waals surface area contributed by atoms with Gasteiger partial charge >= 0.3 is 0 Å². The molecule has 1 amide bonds. The highest BCUT2D eigenvalue weighted by molar-refractivity contribution is 5.84. The van der Waals surface area contributed by atoms with Crippen molar-refractivity contribution in [3.8, 4) is 0 Å². The first-order valence-electron chi connectivity index (χ1n) is 6.19. The van der Waals surface area contributed by atoms with Crippen molar-refractivity contribution >= 4 is 11.6 Å². The van der Waals surface area contributed by atoms with E-state index in [1.54, 1.807) is 0 Å².